The van der Waals surface area contributed by atoms with Crippen molar-refractivity contribution < 1.29 is 14.3 Å². The summed E-state index contributed by atoms with van der Waals surface area (Å²) in [5, 5.41) is 3.07. The molecule has 3 aromatic rings. The molecular formula is C31H38N2O3. The molecule has 3 rings (SSSR count). The van der Waals surface area contributed by atoms with Crippen LogP contribution < -0.4 is 10.1 Å². The second-order valence-corrected chi connectivity index (χ2v) is 9.06. The average Bonchev–Trinajstić information content (AvgIpc) is 2.91. The third-order valence-electron chi connectivity index (χ3n) is 6.25. The molecule has 3 aromatic carbocycles. The highest BCUT2D eigenvalue weighted by Crippen LogP contribution is 2.19. The molecule has 0 aliphatic carbocycles. The van der Waals surface area contributed by atoms with E-state index in [1.54, 1.807) is 4.90 Å². The molecule has 2 amide bonds. The molecule has 0 saturated heterocycles. The Morgan fingerprint density at radius 3 is 2.25 bits per heavy atom. The maximum Gasteiger partial charge on any atom is 0.243 e. The van der Waals surface area contributed by atoms with Crippen molar-refractivity contribution in [3.8, 4) is 5.75 Å². The lowest BCUT2D eigenvalue weighted by molar-refractivity contribution is -0.141. The third-order valence-corrected chi connectivity index (χ3v) is 6.25. The summed E-state index contributed by atoms with van der Waals surface area (Å²) in [5.41, 5.74) is 3.18. The van der Waals surface area contributed by atoms with Gasteiger partial charge in [0.2, 0.25) is 11.8 Å². The Kier molecular flexibility index (Phi) is 11.0. The van der Waals surface area contributed by atoms with Crippen LogP contribution in [-0.4, -0.2) is 35.9 Å². The van der Waals surface area contributed by atoms with Gasteiger partial charge in [0.25, 0.3) is 0 Å². The van der Waals surface area contributed by atoms with Crippen LogP contribution in [0.2, 0.25) is 0 Å². The minimum absolute atomic E-state index is 0.0403. The molecule has 36 heavy (non-hydrogen) atoms. The number of benzene rings is 3. The Hall–Kier alpha value is -3.60. The van der Waals surface area contributed by atoms with Crippen molar-refractivity contribution in [3.05, 3.63) is 102 Å². The summed E-state index contributed by atoms with van der Waals surface area (Å²) in [6.45, 7) is 5.58. The lowest BCUT2D eigenvalue weighted by Gasteiger charge is -2.32. The van der Waals surface area contributed by atoms with Gasteiger partial charge in [0, 0.05) is 25.9 Å². The van der Waals surface area contributed by atoms with Crippen LogP contribution in [0, 0.1) is 6.92 Å². The summed E-state index contributed by atoms with van der Waals surface area (Å²) >= 11 is 0. The van der Waals surface area contributed by atoms with Gasteiger partial charge in [-0.2, -0.15) is 0 Å². The van der Waals surface area contributed by atoms with E-state index in [0.717, 1.165) is 35.3 Å². The van der Waals surface area contributed by atoms with Gasteiger partial charge in [-0.15, -0.1) is 0 Å². The quantitative estimate of drug-likeness (QED) is 0.297. The van der Waals surface area contributed by atoms with Crippen molar-refractivity contribution in [2.75, 3.05) is 13.2 Å². The van der Waals surface area contributed by atoms with Gasteiger partial charge in [-0.25, -0.2) is 0 Å². The number of hydrogen-bond acceptors (Lipinski definition) is 3. The minimum Gasteiger partial charge on any atom is -0.494 e. The van der Waals surface area contributed by atoms with E-state index < -0.39 is 6.04 Å². The van der Waals surface area contributed by atoms with Crippen molar-refractivity contribution >= 4 is 11.8 Å². The van der Waals surface area contributed by atoms with Crippen molar-refractivity contribution in [2.45, 2.75) is 58.5 Å². The summed E-state index contributed by atoms with van der Waals surface area (Å²) < 4.78 is 5.79. The monoisotopic (exact) mass is 486 g/mol. The smallest absolute Gasteiger partial charge is 0.243 e. The van der Waals surface area contributed by atoms with Crippen molar-refractivity contribution in [2.24, 2.45) is 0 Å². The van der Waals surface area contributed by atoms with Crippen molar-refractivity contribution in [3.63, 3.8) is 0 Å². The number of nitrogens with one attached hydrogen (secondary N) is 1. The first-order valence-electron chi connectivity index (χ1n) is 12.9. The topological polar surface area (TPSA) is 58.6 Å². The molecule has 0 aliphatic heterocycles. The lowest BCUT2D eigenvalue weighted by Crippen LogP contribution is -2.50. The zero-order valence-corrected chi connectivity index (χ0v) is 21.5. The van der Waals surface area contributed by atoms with E-state index in [1.807, 2.05) is 91.9 Å². The first kappa shape index (κ1) is 27.0. The van der Waals surface area contributed by atoms with Crippen LogP contribution in [0.5, 0.6) is 5.75 Å². The summed E-state index contributed by atoms with van der Waals surface area (Å²) in [7, 11) is 0. The number of rotatable bonds is 14. The van der Waals surface area contributed by atoms with E-state index in [1.165, 1.54) is 0 Å². The Morgan fingerprint density at radius 1 is 0.889 bits per heavy atom. The first-order valence-corrected chi connectivity index (χ1v) is 12.9. The number of unbranched alkanes of at least 4 members (excludes halogenated alkanes) is 1. The number of hydrogen-bond donors (Lipinski definition) is 1. The van der Waals surface area contributed by atoms with Gasteiger partial charge >= 0.3 is 0 Å². The molecule has 1 atom stereocenters. The predicted octanol–water partition coefficient (Wildman–Crippen LogP) is 5.71. The van der Waals surface area contributed by atoms with E-state index in [9.17, 15) is 9.59 Å². The van der Waals surface area contributed by atoms with E-state index in [2.05, 4.69) is 12.2 Å². The van der Waals surface area contributed by atoms with E-state index in [0.29, 0.717) is 39.0 Å². The Labute approximate surface area is 215 Å². The summed E-state index contributed by atoms with van der Waals surface area (Å²) in [4.78, 5) is 28.8. The van der Waals surface area contributed by atoms with Crippen molar-refractivity contribution in [1.29, 1.82) is 0 Å². The van der Waals surface area contributed by atoms with Gasteiger partial charge < -0.3 is 15.0 Å². The van der Waals surface area contributed by atoms with Crippen LogP contribution in [0.4, 0.5) is 0 Å². The summed E-state index contributed by atoms with van der Waals surface area (Å²) in [6.07, 6.45) is 3.26. The van der Waals surface area contributed by atoms with Crippen LogP contribution in [-0.2, 0) is 22.6 Å². The Balaban J connectivity index is 1.79. The second-order valence-electron chi connectivity index (χ2n) is 9.06. The fourth-order valence-corrected chi connectivity index (χ4v) is 4.10. The highest BCUT2D eigenvalue weighted by atomic mass is 16.5. The normalized spacial score (nSPS) is 11.5. The largest absolute Gasteiger partial charge is 0.494 e. The number of aryl methyl sites for hydroxylation is 1. The van der Waals surface area contributed by atoms with Crippen LogP contribution in [0.1, 0.15) is 49.3 Å². The number of amides is 2. The van der Waals surface area contributed by atoms with Crippen LogP contribution >= 0.6 is 0 Å². The van der Waals surface area contributed by atoms with Crippen LogP contribution in [0.25, 0.3) is 0 Å². The number of para-hydroxylation sites is 1. The molecular weight excluding hydrogens is 448 g/mol. The highest BCUT2D eigenvalue weighted by Gasteiger charge is 2.30. The molecule has 190 valence electrons. The van der Waals surface area contributed by atoms with Gasteiger partial charge in [0.15, 0.2) is 0 Å². The average molecular weight is 487 g/mol. The fraction of sp³-hybridized carbons (Fsp3) is 0.355. The third kappa shape index (κ3) is 8.56. The van der Waals surface area contributed by atoms with Crippen LogP contribution in [0.3, 0.4) is 0 Å². The fourth-order valence-electron chi connectivity index (χ4n) is 4.10. The zero-order chi connectivity index (χ0) is 25.6. The second kappa shape index (κ2) is 14.7. The molecule has 0 spiro atoms. The standard InChI is InChI=1S/C31H38N2O3/c1-3-4-21-32-31(35)29(23-26-15-7-5-8-16-26)33(24-27-17-12-11-14-25(27)2)30(34)20-13-22-36-28-18-9-6-10-19-28/h5-12,14-19,29H,3-4,13,20-24H2,1-2H3,(H,32,35). The Morgan fingerprint density at radius 2 is 1.56 bits per heavy atom. The molecule has 0 bridgehead atoms. The molecule has 0 fully saturated rings. The summed E-state index contributed by atoms with van der Waals surface area (Å²) in [5.74, 6) is 0.648. The molecule has 1 N–H and O–H groups in total. The van der Waals surface area contributed by atoms with Gasteiger partial charge in [-0.3, -0.25) is 9.59 Å². The number of carbonyl (C=O) groups is 2. The number of ether oxygens (including phenoxy) is 1. The summed E-state index contributed by atoms with van der Waals surface area (Å²) in [6, 6.07) is 27.0. The van der Waals surface area contributed by atoms with E-state index >= 15 is 0 Å². The minimum atomic E-state index is -0.591. The predicted molar refractivity (Wildman–Crippen MR) is 145 cm³/mol. The molecule has 5 heteroatoms. The van der Waals surface area contributed by atoms with E-state index in [4.69, 9.17) is 4.74 Å². The zero-order valence-electron chi connectivity index (χ0n) is 21.5. The van der Waals surface area contributed by atoms with Crippen LogP contribution in [0.15, 0.2) is 84.9 Å². The van der Waals surface area contributed by atoms with Gasteiger partial charge in [0.05, 0.1) is 6.61 Å². The molecule has 0 heterocycles. The molecule has 5 nitrogen and oxygen atoms in total. The lowest BCUT2D eigenvalue weighted by atomic mass is 10.0. The van der Waals surface area contributed by atoms with E-state index in [-0.39, 0.29) is 11.8 Å². The van der Waals surface area contributed by atoms with Gasteiger partial charge in [-0.05, 0) is 48.6 Å². The molecule has 0 saturated carbocycles. The molecule has 1 unspecified atom stereocenters. The number of carbonyl (C=O) groups excluding carboxylic acids is 2. The molecule has 0 aromatic heterocycles. The molecule has 0 aliphatic rings. The first-order chi connectivity index (χ1) is 17.6. The maximum absolute atomic E-state index is 13.6. The number of nitrogens with zero attached hydrogens (tertiary/aromatic N) is 1. The van der Waals surface area contributed by atoms with Gasteiger partial charge in [-0.1, -0.05) is 86.1 Å². The molecule has 0 radical (unpaired) electrons. The van der Waals surface area contributed by atoms with Gasteiger partial charge in [0.1, 0.15) is 11.8 Å². The van der Waals surface area contributed by atoms with Crippen molar-refractivity contribution in [1.82, 2.24) is 10.2 Å². The maximum atomic E-state index is 13.6. The SMILES string of the molecule is CCCCNC(=O)C(Cc1ccccc1)N(Cc1ccccc1C)C(=O)CCCOc1ccccc1. The Bertz CT molecular complexity index is 1070. The highest BCUT2D eigenvalue weighted by molar-refractivity contribution is 5.88.